The summed E-state index contributed by atoms with van der Waals surface area (Å²) in [5, 5.41) is 2.96. The van der Waals surface area contributed by atoms with Crippen LogP contribution in [0.2, 0.25) is 0 Å². The predicted molar refractivity (Wildman–Crippen MR) is 89.3 cm³/mol. The van der Waals surface area contributed by atoms with Gasteiger partial charge in [0.25, 0.3) is 0 Å². The Hall–Kier alpha value is -2.09. The number of anilines is 1. The van der Waals surface area contributed by atoms with Gasteiger partial charge in [0.05, 0.1) is 0 Å². The molecule has 0 radical (unpaired) electrons. The van der Waals surface area contributed by atoms with Crippen LogP contribution in [0.1, 0.15) is 39.0 Å². The summed E-state index contributed by atoms with van der Waals surface area (Å²) >= 11 is 0. The summed E-state index contributed by atoms with van der Waals surface area (Å²) in [4.78, 5) is 11.8. The molecule has 1 amide bonds. The lowest BCUT2D eigenvalue weighted by molar-refractivity contribution is -0.116. The monoisotopic (exact) mass is 281 g/mol. The first-order chi connectivity index (χ1) is 10.3. The molecule has 0 saturated carbocycles. The Balaban J connectivity index is 1.86. The molecule has 0 saturated heterocycles. The highest BCUT2D eigenvalue weighted by Gasteiger charge is 2.02. The van der Waals surface area contributed by atoms with Crippen molar-refractivity contribution in [2.24, 2.45) is 0 Å². The number of rotatable bonds is 7. The molecule has 0 unspecified atom stereocenters. The quantitative estimate of drug-likeness (QED) is 0.689. The van der Waals surface area contributed by atoms with Crippen LogP contribution in [0.3, 0.4) is 0 Å². The summed E-state index contributed by atoms with van der Waals surface area (Å²) < 4.78 is 0. The fourth-order valence-corrected chi connectivity index (χ4v) is 2.31. The van der Waals surface area contributed by atoms with Crippen molar-refractivity contribution >= 4 is 11.6 Å². The van der Waals surface area contributed by atoms with Crippen molar-refractivity contribution < 1.29 is 4.79 Å². The van der Waals surface area contributed by atoms with Gasteiger partial charge in [0.1, 0.15) is 0 Å². The smallest absolute Gasteiger partial charge is 0.224 e. The molecule has 1 N–H and O–H groups in total. The van der Waals surface area contributed by atoms with E-state index in [4.69, 9.17) is 0 Å². The molecule has 2 rings (SSSR count). The Labute approximate surface area is 127 Å². The van der Waals surface area contributed by atoms with Gasteiger partial charge in [-0.2, -0.15) is 0 Å². The maximum atomic E-state index is 11.8. The number of unbranched alkanes of at least 4 members (excludes halogenated alkanes) is 3. The van der Waals surface area contributed by atoms with Crippen molar-refractivity contribution in [2.75, 3.05) is 5.32 Å². The highest BCUT2D eigenvalue weighted by Crippen LogP contribution is 2.21. The van der Waals surface area contributed by atoms with Gasteiger partial charge in [-0.25, -0.2) is 0 Å². The van der Waals surface area contributed by atoms with Gasteiger partial charge in [-0.3, -0.25) is 4.79 Å². The fourth-order valence-electron chi connectivity index (χ4n) is 2.31. The van der Waals surface area contributed by atoms with Crippen molar-refractivity contribution in [3.63, 3.8) is 0 Å². The van der Waals surface area contributed by atoms with Crippen LogP contribution in [0.15, 0.2) is 54.6 Å². The lowest BCUT2D eigenvalue weighted by atomic mass is 10.1. The number of benzene rings is 2. The lowest BCUT2D eigenvalue weighted by Crippen LogP contribution is -2.10. The summed E-state index contributed by atoms with van der Waals surface area (Å²) in [5.41, 5.74) is 3.22. The molecule has 0 aliphatic carbocycles. The van der Waals surface area contributed by atoms with Crippen LogP contribution >= 0.6 is 0 Å². The van der Waals surface area contributed by atoms with E-state index in [2.05, 4.69) is 24.4 Å². The van der Waals surface area contributed by atoms with Gasteiger partial charge in [0, 0.05) is 12.1 Å². The molecule has 21 heavy (non-hydrogen) atoms. The Bertz CT molecular complexity index is 546. The molecule has 0 aromatic heterocycles. The zero-order valence-electron chi connectivity index (χ0n) is 12.6. The Morgan fingerprint density at radius 3 is 2.19 bits per heavy atom. The van der Waals surface area contributed by atoms with E-state index in [-0.39, 0.29) is 5.91 Å². The van der Waals surface area contributed by atoms with Crippen LogP contribution < -0.4 is 5.32 Å². The summed E-state index contributed by atoms with van der Waals surface area (Å²) in [7, 11) is 0. The van der Waals surface area contributed by atoms with Crippen molar-refractivity contribution in [3.05, 3.63) is 54.6 Å². The highest BCUT2D eigenvalue weighted by atomic mass is 16.1. The number of nitrogens with one attached hydrogen (secondary N) is 1. The van der Waals surface area contributed by atoms with Gasteiger partial charge in [-0.1, -0.05) is 68.7 Å². The van der Waals surface area contributed by atoms with Crippen molar-refractivity contribution in [3.8, 4) is 11.1 Å². The van der Waals surface area contributed by atoms with E-state index >= 15 is 0 Å². The molecule has 2 nitrogen and oxygen atoms in total. The van der Waals surface area contributed by atoms with E-state index in [0.717, 1.165) is 24.1 Å². The molecular formula is C19H23NO. The topological polar surface area (TPSA) is 29.1 Å². The normalized spacial score (nSPS) is 10.3. The third kappa shape index (κ3) is 5.07. The molecule has 2 aromatic rings. The Kier molecular flexibility index (Phi) is 6.01. The van der Waals surface area contributed by atoms with Crippen molar-refractivity contribution in [1.29, 1.82) is 0 Å². The number of hydrogen-bond acceptors (Lipinski definition) is 1. The second-order valence-corrected chi connectivity index (χ2v) is 5.30. The van der Waals surface area contributed by atoms with Crippen LogP contribution in [0.4, 0.5) is 5.69 Å². The van der Waals surface area contributed by atoms with E-state index in [1.807, 2.05) is 42.5 Å². The highest BCUT2D eigenvalue weighted by molar-refractivity contribution is 5.90. The Morgan fingerprint density at radius 1 is 0.857 bits per heavy atom. The van der Waals surface area contributed by atoms with E-state index in [9.17, 15) is 4.79 Å². The molecule has 0 heterocycles. The number of carbonyl (C=O) groups is 1. The third-order valence-corrected chi connectivity index (χ3v) is 3.53. The molecule has 2 heteroatoms. The SMILES string of the molecule is CCCCCCC(=O)Nc1ccc(-c2ccccc2)cc1. The summed E-state index contributed by atoms with van der Waals surface area (Å²) in [6.45, 7) is 2.17. The van der Waals surface area contributed by atoms with Crippen LogP contribution in [0.25, 0.3) is 11.1 Å². The van der Waals surface area contributed by atoms with Crippen LogP contribution in [0, 0.1) is 0 Å². The first-order valence-corrected chi connectivity index (χ1v) is 7.75. The van der Waals surface area contributed by atoms with E-state index in [0.29, 0.717) is 6.42 Å². The number of amides is 1. The molecule has 0 bridgehead atoms. The van der Waals surface area contributed by atoms with E-state index in [1.54, 1.807) is 0 Å². The standard InChI is InChI=1S/C19H23NO/c1-2-3-4-8-11-19(21)20-18-14-12-17(13-15-18)16-9-6-5-7-10-16/h5-7,9-10,12-15H,2-4,8,11H2,1H3,(H,20,21). The molecule has 0 fully saturated rings. The minimum atomic E-state index is 0.110. The van der Waals surface area contributed by atoms with E-state index in [1.165, 1.54) is 18.4 Å². The zero-order valence-corrected chi connectivity index (χ0v) is 12.6. The lowest BCUT2D eigenvalue weighted by Gasteiger charge is -2.07. The minimum Gasteiger partial charge on any atom is -0.326 e. The van der Waals surface area contributed by atoms with Gasteiger partial charge in [-0.05, 0) is 29.7 Å². The van der Waals surface area contributed by atoms with E-state index < -0.39 is 0 Å². The molecular weight excluding hydrogens is 258 g/mol. The van der Waals surface area contributed by atoms with Crippen molar-refractivity contribution in [1.82, 2.24) is 0 Å². The maximum absolute atomic E-state index is 11.8. The predicted octanol–water partition coefficient (Wildman–Crippen LogP) is 5.26. The molecule has 110 valence electrons. The molecule has 0 spiro atoms. The second-order valence-electron chi connectivity index (χ2n) is 5.30. The summed E-state index contributed by atoms with van der Waals surface area (Å²) in [6.07, 6.45) is 5.13. The number of hydrogen-bond donors (Lipinski definition) is 1. The third-order valence-electron chi connectivity index (χ3n) is 3.53. The number of carbonyl (C=O) groups excluding carboxylic acids is 1. The van der Waals surface area contributed by atoms with Gasteiger partial charge in [0.15, 0.2) is 0 Å². The second kappa shape index (κ2) is 8.25. The fraction of sp³-hybridized carbons (Fsp3) is 0.316. The van der Waals surface area contributed by atoms with Gasteiger partial charge in [0.2, 0.25) is 5.91 Å². The molecule has 0 atom stereocenters. The largest absolute Gasteiger partial charge is 0.326 e. The minimum absolute atomic E-state index is 0.110. The molecule has 0 aliphatic heterocycles. The van der Waals surface area contributed by atoms with Gasteiger partial charge in [-0.15, -0.1) is 0 Å². The first kappa shape index (κ1) is 15.3. The van der Waals surface area contributed by atoms with Gasteiger partial charge < -0.3 is 5.32 Å². The summed E-state index contributed by atoms with van der Waals surface area (Å²) in [5.74, 6) is 0.110. The van der Waals surface area contributed by atoms with Crippen LogP contribution in [-0.4, -0.2) is 5.91 Å². The zero-order chi connectivity index (χ0) is 14.9. The van der Waals surface area contributed by atoms with Crippen LogP contribution in [0.5, 0.6) is 0 Å². The molecule has 0 aliphatic rings. The maximum Gasteiger partial charge on any atom is 0.224 e. The Morgan fingerprint density at radius 2 is 1.52 bits per heavy atom. The summed E-state index contributed by atoms with van der Waals surface area (Å²) in [6, 6.07) is 18.3. The average molecular weight is 281 g/mol. The first-order valence-electron chi connectivity index (χ1n) is 7.75. The van der Waals surface area contributed by atoms with Crippen LogP contribution in [-0.2, 0) is 4.79 Å². The molecule has 2 aromatic carbocycles. The van der Waals surface area contributed by atoms with Crippen molar-refractivity contribution in [2.45, 2.75) is 39.0 Å². The van der Waals surface area contributed by atoms with Gasteiger partial charge >= 0.3 is 0 Å². The average Bonchev–Trinajstić information content (AvgIpc) is 2.53.